The zero-order valence-corrected chi connectivity index (χ0v) is 9.56. The van der Waals surface area contributed by atoms with Crippen LogP contribution in [0.4, 0.5) is 0 Å². The summed E-state index contributed by atoms with van der Waals surface area (Å²) in [6, 6.07) is 2.86. The number of aliphatic imine (C=N–C) groups is 1. The minimum absolute atomic E-state index is 0.144. The first-order valence-electron chi connectivity index (χ1n) is 5.43. The number of pyridine rings is 1. The Kier molecular flexibility index (Phi) is 3.22. The van der Waals surface area contributed by atoms with Gasteiger partial charge in [0.2, 0.25) is 5.56 Å². The summed E-state index contributed by atoms with van der Waals surface area (Å²) < 4.78 is 1.36. The van der Waals surface area contributed by atoms with Gasteiger partial charge in [-0.25, -0.2) is 0 Å². The quantitative estimate of drug-likeness (QED) is 0.661. The molecule has 0 spiro atoms. The maximum atomic E-state index is 11.7. The largest absolute Gasteiger partial charge is 0.318 e. The number of nitrogens with one attached hydrogen (secondary N) is 2. The summed E-state index contributed by atoms with van der Waals surface area (Å²) in [5.41, 5.74) is 5.61. The zero-order valence-electron chi connectivity index (χ0n) is 9.56. The van der Waals surface area contributed by atoms with E-state index in [1.54, 1.807) is 7.05 Å². The van der Waals surface area contributed by atoms with E-state index in [0.717, 1.165) is 25.2 Å². The molecule has 1 aromatic rings. The highest BCUT2D eigenvalue weighted by molar-refractivity contribution is 5.95. The minimum atomic E-state index is -0.282. The molecule has 1 amide bonds. The Morgan fingerprint density at radius 2 is 2.29 bits per heavy atom. The second kappa shape index (κ2) is 4.82. The molecule has 0 atom stereocenters. The van der Waals surface area contributed by atoms with E-state index in [-0.39, 0.29) is 11.5 Å². The van der Waals surface area contributed by atoms with Crippen molar-refractivity contribution >= 4 is 11.7 Å². The van der Waals surface area contributed by atoms with Gasteiger partial charge in [0.1, 0.15) is 5.84 Å². The third kappa shape index (κ3) is 2.72. The molecule has 2 N–H and O–H groups in total. The molecule has 0 bridgehead atoms. The Morgan fingerprint density at radius 1 is 1.47 bits per heavy atom. The van der Waals surface area contributed by atoms with Gasteiger partial charge in [-0.15, -0.1) is 0 Å². The first kappa shape index (κ1) is 11.4. The topological polar surface area (TPSA) is 75.5 Å². The second-order valence-electron chi connectivity index (χ2n) is 3.88. The highest BCUT2D eigenvalue weighted by Crippen LogP contribution is 2.00. The number of hydrogen-bond donors (Lipinski definition) is 2. The van der Waals surface area contributed by atoms with Gasteiger partial charge < -0.3 is 4.57 Å². The lowest BCUT2D eigenvalue weighted by atomic mass is 10.3. The molecule has 2 rings (SSSR count). The Hall–Kier alpha value is -2.11. The highest BCUT2D eigenvalue weighted by atomic mass is 16.2. The van der Waals surface area contributed by atoms with Gasteiger partial charge in [-0.1, -0.05) is 0 Å². The van der Waals surface area contributed by atoms with Gasteiger partial charge >= 0.3 is 0 Å². The van der Waals surface area contributed by atoms with E-state index in [4.69, 9.17) is 0 Å². The summed E-state index contributed by atoms with van der Waals surface area (Å²) in [7, 11) is 1.60. The number of rotatable bonds is 1. The van der Waals surface area contributed by atoms with Crippen molar-refractivity contribution in [2.75, 3.05) is 6.54 Å². The molecule has 0 saturated heterocycles. The summed E-state index contributed by atoms with van der Waals surface area (Å²) >= 11 is 0. The van der Waals surface area contributed by atoms with Crippen molar-refractivity contribution in [2.24, 2.45) is 12.0 Å². The van der Waals surface area contributed by atoms with Crippen LogP contribution in [-0.2, 0) is 7.05 Å². The van der Waals surface area contributed by atoms with Gasteiger partial charge in [0.05, 0.1) is 5.56 Å². The number of amidine groups is 1. The van der Waals surface area contributed by atoms with E-state index in [9.17, 15) is 9.59 Å². The average molecular weight is 234 g/mol. The molecular formula is C11H14N4O2. The molecule has 0 aliphatic carbocycles. The van der Waals surface area contributed by atoms with E-state index < -0.39 is 0 Å². The first-order valence-corrected chi connectivity index (χ1v) is 5.43. The molecule has 6 heteroatoms. The fraction of sp³-hybridized carbons (Fsp3) is 0.364. The third-order valence-electron chi connectivity index (χ3n) is 2.54. The Bertz CT molecular complexity index is 518. The molecular weight excluding hydrogens is 220 g/mol. The van der Waals surface area contributed by atoms with Gasteiger partial charge in [-0.05, 0) is 12.5 Å². The minimum Gasteiger partial charge on any atom is -0.318 e. The molecule has 0 aromatic carbocycles. The summed E-state index contributed by atoms with van der Waals surface area (Å²) in [5.74, 6) is 0.512. The van der Waals surface area contributed by atoms with E-state index >= 15 is 0 Å². The molecule has 90 valence electrons. The third-order valence-corrected chi connectivity index (χ3v) is 2.54. The number of carbonyl (C=O) groups is 1. The van der Waals surface area contributed by atoms with Crippen LogP contribution >= 0.6 is 0 Å². The molecule has 0 fully saturated rings. The molecule has 1 aliphatic rings. The Balaban J connectivity index is 1.99. The zero-order chi connectivity index (χ0) is 12.3. The fourth-order valence-electron chi connectivity index (χ4n) is 1.57. The summed E-state index contributed by atoms with van der Waals surface area (Å²) in [5, 5.41) is 0. The van der Waals surface area contributed by atoms with Crippen molar-refractivity contribution < 1.29 is 4.79 Å². The molecule has 6 nitrogen and oxygen atoms in total. The molecule has 1 aromatic heterocycles. The monoisotopic (exact) mass is 234 g/mol. The Labute approximate surface area is 98.3 Å². The van der Waals surface area contributed by atoms with Crippen molar-refractivity contribution in [3.8, 4) is 0 Å². The van der Waals surface area contributed by atoms with E-state index in [2.05, 4.69) is 15.8 Å². The molecule has 2 heterocycles. The van der Waals surface area contributed by atoms with Crippen LogP contribution in [0.3, 0.4) is 0 Å². The normalized spacial score (nSPS) is 14.3. The predicted octanol–water partition coefficient (Wildman–Crippen LogP) is -0.188. The van der Waals surface area contributed by atoms with E-state index in [0.29, 0.717) is 5.56 Å². The SMILES string of the molecule is Cn1cc(C(=O)NNC2=NCCC2)ccc1=O. The van der Waals surface area contributed by atoms with E-state index in [1.165, 1.54) is 22.9 Å². The number of aromatic nitrogens is 1. The fourth-order valence-corrected chi connectivity index (χ4v) is 1.57. The number of carbonyl (C=O) groups excluding carboxylic acids is 1. The average Bonchev–Trinajstić information content (AvgIpc) is 2.82. The van der Waals surface area contributed by atoms with Crippen LogP contribution in [0, 0.1) is 0 Å². The molecule has 17 heavy (non-hydrogen) atoms. The van der Waals surface area contributed by atoms with Crippen molar-refractivity contribution in [1.29, 1.82) is 0 Å². The summed E-state index contributed by atoms with van der Waals surface area (Å²) in [4.78, 5) is 27.0. The van der Waals surface area contributed by atoms with Crippen molar-refractivity contribution in [3.05, 3.63) is 34.2 Å². The summed E-state index contributed by atoms with van der Waals surface area (Å²) in [6.45, 7) is 0.804. The van der Waals surface area contributed by atoms with Crippen LogP contribution in [0.15, 0.2) is 28.1 Å². The number of amides is 1. The molecule has 0 radical (unpaired) electrons. The smallest absolute Gasteiger partial charge is 0.271 e. The summed E-state index contributed by atoms with van der Waals surface area (Å²) in [6.07, 6.45) is 3.36. The molecule has 0 unspecified atom stereocenters. The highest BCUT2D eigenvalue weighted by Gasteiger charge is 2.09. The van der Waals surface area contributed by atoms with Crippen LogP contribution in [0.2, 0.25) is 0 Å². The lowest BCUT2D eigenvalue weighted by Crippen LogP contribution is -2.41. The van der Waals surface area contributed by atoms with Crippen molar-refractivity contribution in [1.82, 2.24) is 15.4 Å². The van der Waals surface area contributed by atoms with Gasteiger partial charge in [0.25, 0.3) is 5.91 Å². The van der Waals surface area contributed by atoms with E-state index in [1.807, 2.05) is 0 Å². The lowest BCUT2D eigenvalue weighted by Gasteiger charge is -2.08. The van der Waals surface area contributed by atoms with Crippen LogP contribution < -0.4 is 16.4 Å². The van der Waals surface area contributed by atoms with Crippen LogP contribution in [0.5, 0.6) is 0 Å². The number of aryl methyl sites for hydroxylation is 1. The Morgan fingerprint density at radius 3 is 2.94 bits per heavy atom. The second-order valence-corrected chi connectivity index (χ2v) is 3.88. The van der Waals surface area contributed by atoms with Gasteiger partial charge in [-0.2, -0.15) is 0 Å². The maximum Gasteiger partial charge on any atom is 0.271 e. The predicted molar refractivity (Wildman–Crippen MR) is 63.8 cm³/mol. The van der Waals surface area contributed by atoms with Crippen LogP contribution in [0.1, 0.15) is 23.2 Å². The maximum absolute atomic E-state index is 11.7. The molecule has 0 saturated carbocycles. The number of nitrogens with zero attached hydrogens (tertiary/aromatic N) is 2. The van der Waals surface area contributed by atoms with Crippen LogP contribution in [-0.4, -0.2) is 22.9 Å². The first-order chi connectivity index (χ1) is 8.16. The lowest BCUT2D eigenvalue weighted by molar-refractivity contribution is 0.0943. The van der Waals surface area contributed by atoms with Crippen molar-refractivity contribution in [3.63, 3.8) is 0 Å². The van der Waals surface area contributed by atoms with Crippen molar-refractivity contribution in [2.45, 2.75) is 12.8 Å². The van der Waals surface area contributed by atoms with Gasteiger partial charge in [0.15, 0.2) is 0 Å². The van der Waals surface area contributed by atoms with Gasteiger partial charge in [-0.3, -0.25) is 25.4 Å². The molecule has 1 aliphatic heterocycles. The van der Waals surface area contributed by atoms with Crippen LogP contribution in [0.25, 0.3) is 0 Å². The number of hydrogen-bond acceptors (Lipinski definition) is 4. The standard InChI is InChI=1S/C11H14N4O2/c1-15-7-8(4-5-10(15)16)11(17)14-13-9-3-2-6-12-9/h4-5,7H,2-3,6H2,1H3,(H,12,13)(H,14,17). The van der Waals surface area contributed by atoms with Gasteiger partial charge in [0, 0.05) is 32.3 Å². The number of hydrazine groups is 1.